The van der Waals surface area contributed by atoms with Crippen LogP contribution in [-0.2, 0) is 24.3 Å². The highest BCUT2D eigenvalue weighted by Gasteiger charge is 2.33. The van der Waals surface area contributed by atoms with Crippen molar-refractivity contribution in [3.63, 3.8) is 0 Å². The Morgan fingerprint density at radius 2 is 1.55 bits per heavy atom. The number of fused-ring (bicyclic) bond motifs is 1. The number of ether oxygens (including phenoxy) is 2. The van der Waals surface area contributed by atoms with E-state index in [2.05, 4.69) is 4.90 Å². The molecule has 3 heterocycles. The summed E-state index contributed by atoms with van der Waals surface area (Å²) in [4.78, 5) is 17.1. The highest BCUT2D eigenvalue weighted by Crippen LogP contribution is 2.26. The number of sulfonamides is 1. The fourth-order valence-electron chi connectivity index (χ4n) is 4.98. The Hall–Kier alpha value is -2.04. The van der Waals surface area contributed by atoms with Crippen LogP contribution < -0.4 is 0 Å². The molecule has 2 aromatic rings. The molecule has 2 aromatic carbocycles. The number of nitrogens with zero attached hydrogens (tertiary/aromatic N) is 3. The van der Waals surface area contributed by atoms with Crippen LogP contribution in [0.5, 0.6) is 0 Å². The van der Waals surface area contributed by atoms with Crippen molar-refractivity contribution >= 4 is 26.7 Å². The zero-order valence-electron chi connectivity index (χ0n) is 18.8. The van der Waals surface area contributed by atoms with Crippen molar-refractivity contribution in [3.05, 3.63) is 42.5 Å². The summed E-state index contributed by atoms with van der Waals surface area (Å²) in [6.45, 7) is 4.93. The van der Waals surface area contributed by atoms with E-state index in [-0.39, 0.29) is 12.2 Å². The lowest BCUT2D eigenvalue weighted by molar-refractivity contribution is -0.135. The van der Waals surface area contributed by atoms with Crippen LogP contribution in [0.15, 0.2) is 47.4 Å². The number of benzene rings is 2. The van der Waals surface area contributed by atoms with Gasteiger partial charge in [0.15, 0.2) is 6.29 Å². The van der Waals surface area contributed by atoms with Crippen LogP contribution in [0.4, 0.5) is 0 Å². The largest absolute Gasteiger partial charge is 0.350 e. The van der Waals surface area contributed by atoms with Crippen molar-refractivity contribution in [2.75, 3.05) is 59.0 Å². The van der Waals surface area contributed by atoms with Gasteiger partial charge in [-0.15, -0.1) is 0 Å². The van der Waals surface area contributed by atoms with Crippen LogP contribution >= 0.6 is 0 Å². The Labute approximate surface area is 195 Å². The molecule has 33 heavy (non-hydrogen) atoms. The maximum Gasteiger partial charge on any atom is 0.243 e. The number of piperidine rings is 1. The Bertz CT molecular complexity index is 1090. The minimum Gasteiger partial charge on any atom is -0.350 e. The number of amides is 1. The van der Waals surface area contributed by atoms with Gasteiger partial charge in [-0.05, 0) is 48.8 Å². The molecule has 0 unspecified atom stereocenters. The fraction of sp³-hybridized carbons (Fsp3) is 0.542. The Kier molecular flexibility index (Phi) is 6.67. The molecule has 3 fully saturated rings. The monoisotopic (exact) mass is 473 g/mol. The van der Waals surface area contributed by atoms with Crippen molar-refractivity contribution in [3.8, 4) is 0 Å². The predicted molar refractivity (Wildman–Crippen MR) is 124 cm³/mol. The van der Waals surface area contributed by atoms with Crippen LogP contribution in [0, 0.1) is 5.92 Å². The lowest BCUT2D eigenvalue weighted by Crippen LogP contribution is -2.53. The van der Waals surface area contributed by atoms with Gasteiger partial charge in [-0.2, -0.15) is 4.31 Å². The van der Waals surface area contributed by atoms with Gasteiger partial charge >= 0.3 is 0 Å². The Morgan fingerprint density at radius 1 is 0.879 bits per heavy atom. The molecule has 1 amide bonds. The van der Waals surface area contributed by atoms with Gasteiger partial charge in [0.1, 0.15) is 0 Å². The summed E-state index contributed by atoms with van der Waals surface area (Å²) in [5, 5.41) is 1.92. The molecule has 0 radical (unpaired) electrons. The van der Waals surface area contributed by atoms with Crippen LogP contribution in [0.2, 0.25) is 0 Å². The molecule has 5 rings (SSSR count). The van der Waals surface area contributed by atoms with E-state index in [4.69, 9.17) is 9.47 Å². The summed E-state index contributed by atoms with van der Waals surface area (Å²) < 4.78 is 39.1. The van der Waals surface area contributed by atoms with Crippen molar-refractivity contribution in [2.24, 2.45) is 5.92 Å². The second kappa shape index (κ2) is 9.68. The van der Waals surface area contributed by atoms with Crippen molar-refractivity contribution in [1.82, 2.24) is 14.1 Å². The first kappa shape index (κ1) is 22.7. The molecular formula is C24H31N3O5S. The second-order valence-corrected chi connectivity index (χ2v) is 11.0. The van der Waals surface area contributed by atoms with E-state index in [1.165, 1.54) is 4.31 Å². The quantitative estimate of drug-likeness (QED) is 0.659. The summed E-state index contributed by atoms with van der Waals surface area (Å²) in [6, 6.07) is 13.0. The lowest BCUT2D eigenvalue weighted by atomic mass is 9.96. The van der Waals surface area contributed by atoms with E-state index in [1.807, 2.05) is 30.3 Å². The topological polar surface area (TPSA) is 79.4 Å². The molecular weight excluding hydrogens is 442 g/mol. The van der Waals surface area contributed by atoms with Gasteiger partial charge in [-0.1, -0.05) is 30.3 Å². The number of rotatable bonds is 5. The Balaban J connectivity index is 1.13. The van der Waals surface area contributed by atoms with Gasteiger partial charge in [0.05, 0.1) is 24.7 Å². The fourth-order valence-corrected chi connectivity index (χ4v) is 6.44. The normalized spacial score (nSPS) is 22.2. The number of hydrogen-bond acceptors (Lipinski definition) is 6. The van der Waals surface area contributed by atoms with Gasteiger partial charge in [0, 0.05) is 32.1 Å². The summed E-state index contributed by atoms with van der Waals surface area (Å²) in [5.74, 6) is 0.479. The first-order valence-corrected chi connectivity index (χ1v) is 13.2. The molecule has 0 N–H and O–H groups in total. The second-order valence-electron chi connectivity index (χ2n) is 9.02. The average Bonchev–Trinajstić information content (AvgIpc) is 3.39. The van der Waals surface area contributed by atoms with E-state index in [9.17, 15) is 13.2 Å². The molecule has 0 atom stereocenters. The maximum atomic E-state index is 13.2. The molecule has 3 saturated heterocycles. The van der Waals surface area contributed by atoms with Crippen LogP contribution in [0.1, 0.15) is 12.8 Å². The third kappa shape index (κ3) is 4.93. The third-order valence-electron chi connectivity index (χ3n) is 6.97. The molecule has 9 heteroatoms. The van der Waals surface area contributed by atoms with Gasteiger partial charge in [0.25, 0.3) is 0 Å². The summed E-state index contributed by atoms with van der Waals surface area (Å²) in [5.41, 5.74) is 0. The smallest absolute Gasteiger partial charge is 0.243 e. The van der Waals surface area contributed by atoms with Gasteiger partial charge in [-0.25, -0.2) is 8.42 Å². The van der Waals surface area contributed by atoms with Crippen LogP contribution in [0.25, 0.3) is 10.8 Å². The lowest BCUT2D eigenvalue weighted by Gasteiger charge is -2.37. The number of carbonyl (C=O) groups excluding carboxylic acids is 1. The zero-order valence-corrected chi connectivity index (χ0v) is 19.6. The van der Waals surface area contributed by atoms with E-state index >= 15 is 0 Å². The Morgan fingerprint density at radius 3 is 2.24 bits per heavy atom. The van der Waals surface area contributed by atoms with Crippen molar-refractivity contribution in [2.45, 2.75) is 24.0 Å². The van der Waals surface area contributed by atoms with E-state index in [0.717, 1.165) is 36.7 Å². The SMILES string of the molecule is O=C(CN1CCC(C2OCCO2)CC1)N1CCN(S(=O)(=O)c2ccc3ccccc3c2)CC1. The highest BCUT2D eigenvalue weighted by molar-refractivity contribution is 7.89. The van der Waals surface area contributed by atoms with Gasteiger partial charge < -0.3 is 14.4 Å². The van der Waals surface area contributed by atoms with E-state index in [1.54, 1.807) is 17.0 Å². The molecule has 0 saturated carbocycles. The van der Waals surface area contributed by atoms with E-state index < -0.39 is 10.0 Å². The first-order chi connectivity index (χ1) is 16.0. The minimum atomic E-state index is -3.58. The number of piperazine rings is 1. The van der Waals surface area contributed by atoms with Gasteiger partial charge in [-0.3, -0.25) is 9.69 Å². The molecule has 3 aliphatic heterocycles. The molecule has 3 aliphatic rings. The van der Waals surface area contributed by atoms with Crippen LogP contribution in [0.3, 0.4) is 0 Å². The van der Waals surface area contributed by atoms with Gasteiger partial charge in [0.2, 0.25) is 15.9 Å². The summed E-state index contributed by atoms with van der Waals surface area (Å²) in [7, 11) is -3.58. The summed E-state index contributed by atoms with van der Waals surface area (Å²) in [6.07, 6.45) is 1.85. The molecule has 0 aromatic heterocycles. The van der Waals surface area contributed by atoms with Crippen molar-refractivity contribution in [1.29, 1.82) is 0 Å². The average molecular weight is 474 g/mol. The zero-order chi connectivity index (χ0) is 22.8. The molecule has 8 nitrogen and oxygen atoms in total. The number of hydrogen-bond donors (Lipinski definition) is 0. The maximum absolute atomic E-state index is 13.2. The predicted octanol–water partition coefficient (Wildman–Crippen LogP) is 1.76. The molecule has 178 valence electrons. The first-order valence-electron chi connectivity index (χ1n) is 11.7. The molecule has 0 bridgehead atoms. The van der Waals surface area contributed by atoms with Crippen LogP contribution in [-0.4, -0.2) is 93.7 Å². The number of likely N-dealkylation sites (tertiary alicyclic amines) is 1. The molecule has 0 spiro atoms. The standard InChI is InChI=1S/C24H31N3O5S/c28-23(18-25-9-7-20(8-10-25)24-31-15-16-32-24)26-11-13-27(14-12-26)33(29,30)22-6-5-19-3-1-2-4-21(19)17-22/h1-6,17,20,24H,7-16,18H2. The minimum absolute atomic E-state index is 0.0737. The molecule has 0 aliphatic carbocycles. The van der Waals surface area contributed by atoms with E-state index in [0.29, 0.717) is 56.8 Å². The third-order valence-corrected chi connectivity index (χ3v) is 8.87. The van der Waals surface area contributed by atoms with Crippen molar-refractivity contribution < 1.29 is 22.7 Å². The number of carbonyl (C=O) groups is 1. The highest BCUT2D eigenvalue weighted by atomic mass is 32.2. The summed E-state index contributed by atoms with van der Waals surface area (Å²) >= 11 is 0.